The third-order valence-electron chi connectivity index (χ3n) is 1.97. The van der Waals surface area contributed by atoms with E-state index in [1.54, 1.807) is 11.9 Å². The molecule has 2 rings (SSSR count). The summed E-state index contributed by atoms with van der Waals surface area (Å²) in [6.45, 7) is 2.25. The fraction of sp³-hybridized carbons (Fsp3) is 0.222. The Kier molecular flexibility index (Phi) is 1.50. The summed E-state index contributed by atoms with van der Waals surface area (Å²) >= 11 is 0. The molecule has 1 amide bonds. The first-order valence-corrected chi connectivity index (χ1v) is 3.91. The summed E-state index contributed by atoms with van der Waals surface area (Å²) in [4.78, 5) is 11.1. The zero-order valence-electron chi connectivity index (χ0n) is 6.90. The number of nitrogens with zero attached hydrogens (tertiary/aromatic N) is 2. The van der Waals surface area contributed by atoms with Gasteiger partial charge in [-0.05, 0) is 18.2 Å². The number of hydrogen-bond donors (Lipinski definition) is 0. The van der Waals surface area contributed by atoms with Crippen LogP contribution in [-0.2, 0) is 4.79 Å². The molecule has 0 radical (unpaired) electrons. The summed E-state index contributed by atoms with van der Waals surface area (Å²) < 4.78 is 0. The van der Waals surface area contributed by atoms with Gasteiger partial charge in [-0.15, -0.1) is 0 Å². The Morgan fingerprint density at radius 3 is 3.08 bits per heavy atom. The molecule has 12 heavy (non-hydrogen) atoms. The van der Waals surface area contributed by atoms with Crippen LogP contribution in [0.5, 0.6) is 0 Å². The van der Waals surface area contributed by atoms with Gasteiger partial charge in [0, 0.05) is 13.1 Å². The van der Waals surface area contributed by atoms with E-state index in [1.165, 1.54) is 0 Å². The van der Waals surface area contributed by atoms with E-state index in [-0.39, 0.29) is 5.91 Å². The monoisotopic (exact) mass is 162 g/mol. The summed E-state index contributed by atoms with van der Waals surface area (Å²) in [5, 5.41) is 3.55. The summed E-state index contributed by atoms with van der Waals surface area (Å²) in [6.07, 6.45) is 9.79. The van der Waals surface area contributed by atoms with E-state index in [0.29, 0.717) is 6.54 Å². The Labute approximate surface area is 71.2 Å². The maximum absolute atomic E-state index is 11.1. The van der Waals surface area contributed by atoms with Crippen molar-refractivity contribution in [2.24, 2.45) is 0 Å². The van der Waals surface area contributed by atoms with E-state index in [0.717, 1.165) is 5.70 Å². The quantitative estimate of drug-likeness (QED) is 0.531. The SMILES string of the molecule is CC(=O)N1CC=C2C=CC=CN21. The number of rotatable bonds is 0. The first kappa shape index (κ1) is 7.16. The maximum atomic E-state index is 11.1. The summed E-state index contributed by atoms with van der Waals surface area (Å²) in [5.41, 5.74) is 1.08. The molecule has 2 aliphatic rings. The molecule has 2 aliphatic heterocycles. The van der Waals surface area contributed by atoms with Gasteiger partial charge in [0.2, 0.25) is 5.91 Å². The van der Waals surface area contributed by atoms with Crippen molar-refractivity contribution in [3.63, 3.8) is 0 Å². The Morgan fingerprint density at radius 1 is 1.50 bits per heavy atom. The predicted molar refractivity (Wildman–Crippen MR) is 45.6 cm³/mol. The molecule has 2 heterocycles. The molecule has 0 unspecified atom stereocenters. The van der Waals surface area contributed by atoms with E-state index >= 15 is 0 Å². The van der Waals surface area contributed by atoms with Gasteiger partial charge < -0.3 is 0 Å². The topological polar surface area (TPSA) is 23.6 Å². The summed E-state index contributed by atoms with van der Waals surface area (Å²) in [7, 11) is 0. The molecular weight excluding hydrogens is 152 g/mol. The molecule has 0 aromatic rings. The number of fused-ring (bicyclic) bond motifs is 1. The van der Waals surface area contributed by atoms with Crippen molar-refractivity contribution in [2.45, 2.75) is 6.92 Å². The zero-order chi connectivity index (χ0) is 8.55. The van der Waals surface area contributed by atoms with Crippen LogP contribution in [0.2, 0.25) is 0 Å². The highest BCUT2D eigenvalue weighted by molar-refractivity contribution is 5.74. The van der Waals surface area contributed by atoms with E-state index in [2.05, 4.69) is 0 Å². The molecular formula is C9H10N2O. The predicted octanol–water partition coefficient (Wildman–Crippen LogP) is 1.03. The molecule has 0 spiro atoms. The van der Waals surface area contributed by atoms with Crippen LogP contribution in [0.3, 0.4) is 0 Å². The second-order valence-corrected chi connectivity index (χ2v) is 2.78. The average Bonchev–Trinajstić information content (AvgIpc) is 2.47. The fourth-order valence-electron chi connectivity index (χ4n) is 1.38. The minimum absolute atomic E-state index is 0.0706. The number of allylic oxidation sites excluding steroid dienone is 3. The minimum Gasteiger partial charge on any atom is -0.273 e. The fourth-order valence-corrected chi connectivity index (χ4v) is 1.38. The van der Waals surface area contributed by atoms with E-state index < -0.39 is 0 Å². The van der Waals surface area contributed by atoms with Gasteiger partial charge in [-0.1, -0.05) is 6.08 Å². The smallest absolute Gasteiger partial charge is 0.238 e. The van der Waals surface area contributed by atoms with Crippen molar-refractivity contribution in [3.8, 4) is 0 Å². The van der Waals surface area contributed by atoms with Gasteiger partial charge in [-0.3, -0.25) is 9.80 Å². The molecule has 3 heteroatoms. The standard InChI is InChI=1S/C9H10N2O/c1-8(12)10-7-5-9-4-2-3-6-11(9)10/h2-6H,7H2,1H3. The Hall–Kier alpha value is -1.51. The molecule has 0 saturated heterocycles. The van der Waals surface area contributed by atoms with Crippen LogP contribution < -0.4 is 0 Å². The van der Waals surface area contributed by atoms with Crippen molar-refractivity contribution in [3.05, 3.63) is 36.2 Å². The largest absolute Gasteiger partial charge is 0.273 e. The highest BCUT2D eigenvalue weighted by Gasteiger charge is 2.22. The van der Waals surface area contributed by atoms with Gasteiger partial charge >= 0.3 is 0 Å². The molecule has 0 saturated carbocycles. The van der Waals surface area contributed by atoms with Gasteiger partial charge in [0.25, 0.3) is 0 Å². The van der Waals surface area contributed by atoms with Crippen molar-refractivity contribution in [1.29, 1.82) is 0 Å². The number of amides is 1. The van der Waals surface area contributed by atoms with Gasteiger partial charge in [-0.25, -0.2) is 5.01 Å². The third kappa shape index (κ3) is 0.942. The molecule has 0 atom stereocenters. The number of carbonyl (C=O) groups excluding carboxylic acids is 1. The second kappa shape index (κ2) is 2.52. The highest BCUT2D eigenvalue weighted by Crippen LogP contribution is 2.21. The van der Waals surface area contributed by atoms with Crippen LogP contribution in [0.1, 0.15) is 6.92 Å². The summed E-state index contributed by atoms with van der Waals surface area (Å²) in [6, 6.07) is 0. The zero-order valence-corrected chi connectivity index (χ0v) is 6.90. The van der Waals surface area contributed by atoms with Gasteiger partial charge in [0.05, 0.1) is 12.2 Å². The van der Waals surface area contributed by atoms with Gasteiger partial charge in [0.15, 0.2) is 0 Å². The minimum atomic E-state index is 0.0706. The lowest BCUT2D eigenvalue weighted by Gasteiger charge is -2.28. The number of hydrazine groups is 1. The molecule has 0 fully saturated rings. The number of carbonyl (C=O) groups is 1. The molecule has 0 N–H and O–H groups in total. The van der Waals surface area contributed by atoms with Crippen LogP contribution in [0.15, 0.2) is 36.2 Å². The Morgan fingerprint density at radius 2 is 2.33 bits per heavy atom. The van der Waals surface area contributed by atoms with Crippen molar-refractivity contribution >= 4 is 5.91 Å². The lowest BCUT2D eigenvalue weighted by molar-refractivity contribution is -0.137. The van der Waals surface area contributed by atoms with Crippen LogP contribution in [0, 0.1) is 0 Å². The number of hydrogen-bond acceptors (Lipinski definition) is 2. The van der Waals surface area contributed by atoms with Gasteiger partial charge in [-0.2, -0.15) is 0 Å². The van der Waals surface area contributed by atoms with E-state index in [9.17, 15) is 4.79 Å². The Bertz CT molecular complexity index is 302. The molecule has 0 aliphatic carbocycles. The van der Waals surface area contributed by atoms with Crippen LogP contribution in [0.4, 0.5) is 0 Å². The molecule has 0 bridgehead atoms. The normalized spacial score (nSPS) is 19.6. The lowest BCUT2D eigenvalue weighted by Crippen LogP contribution is -2.37. The first-order chi connectivity index (χ1) is 5.79. The van der Waals surface area contributed by atoms with Crippen molar-refractivity contribution < 1.29 is 4.79 Å². The van der Waals surface area contributed by atoms with Crippen LogP contribution in [0.25, 0.3) is 0 Å². The maximum Gasteiger partial charge on any atom is 0.238 e. The van der Waals surface area contributed by atoms with Gasteiger partial charge in [0.1, 0.15) is 0 Å². The molecule has 0 aromatic carbocycles. The second-order valence-electron chi connectivity index (χ2n) is 2.78. The van der Waals surface area contributed by atoms with Crippen LogP contribution in [-0.4, -0.2) is 22.5 Å². The molecule has 62 valence electrons. The average molecular weight is 162 g/mol. The van der Waals surface area contributed by atoms with E-state index in [4.69, 9.17) is 0 Å². The lowest BCUT2D eigenvalue weighted by atomic mass is 10.3. The molecule has 3 nitrogen and oxygen atoms in total. The first-order valence-electron chi connectivity index (χ1n) is 3.91. The van der Waals surface area contributed by atoms with Crippen molar-refractivity contribution in [1.82, 2.24) is 10.0 Å². The van der Waals surface area contributed by atoms with Crippen molar-refractivity contribution in [2.75, 3.05) is 6.54 Å². The Balaban J connectivity index is 2.25. The third-order valence-corrected chi connectivity index (χ3v) is 1.97. The highest BCUT2D eigenvalue weighted by atomic mass is 16.2. The molecule has 0 aromatic heterocycles. The van der Waals surface area contributed by atoms with Crippen LogP contribution >= 0.6 is 0 Å². The summed E-state index contributed by atoms with van der Waals surface area (Å²) in [5.74, 6) is 0.0706. The van der Waals surface area contributed by atoms with E-state index in [1.807, 2.05) is 35.5 Å².